The first-order valence-electron chi connectivity index (χ1n) is 13.2. The van der Waals surface area contributed by atoms with Crippen molar-refractivity contribution in [1.82, 2.24) is 0 Å². The molecule has 4 aliphatic carbocycles. The molecule has 184 valence electrons. The Morgan fingerprint density at radius 2 is 2.00 bits per heavy atom. The molecule has 10 atom stereocenters. The van der Waals surface area contributed by atoms with E-state index in [0.717, 1.165) is 50.3 Å². The molecule has 0 unspecified atom stereocenters. The molecule has 33 heavy (non-hydrogen) atoms. The molecule has 3 fully saturated rings. The molecule has 0 heterocycles. The summed E-state index contributed by atoms with van der Waals surface area (Å²) in [5.74, 6) is 2.39. The quantitative estimate of drug-likeness (QED) is 0.361. The monoisotopic (exact) mass is 521 g/mol. The van der Waals surface area contributed by atoms with Crippen LogP contribution in [0.25, 0.3) is 0 Å². The molecule has 5 heteroatoms. The van der Waals surface area contributed by atoms with E-state index in [2.05, 4.69) is 38.7 Å². The molecule has 0 aromatic rings. The van der Waals surface area contributed by atoms with E-state index >= 15 is 0 Å². The average Bonchev–Trinajstić information content (AvgIpc) is 3.05. The molecule has 0 aromatic carbocycles. The molecule has 4 aliphatic rings. The zero-order valence-electron chi connectivity index (χ0n) is 20.9. The van der Waals surface area contributed by atoms with Crippen molar-refractivity contribution in [3.8, 4) is 4.97 Å². The third-order valence-electron chi connectivity index (χ3n) is 10.5. The second-order valence-electron chi connectivity index (χ2n) is 12.3. The molecule has 3 saturated carbocycles. The number of nitrogens with zero attached hydrogens (tertiary/aromatic N) is 1. The summed E-state index contributed by atoms with van der Waals surface area (Å²) in [6.07, 6.45) is 10.3. The Morgan fingerprint density at radius 1 is 1.24 bits per heavy atom. The zero-order chi connectivity index (χ0) is 24.0. The maximum atomic E-state index is 13.2. The van der Waals surface area contributed by atoms with Crippen LogP contribution in [-0.4, -0.2) is 43.2 Å². The first-order chi connectivity index (χ1) is 15.6. The maximum absolute atomic E-state index is 13.2. The van der Waals surface area contributed by atoms with Crippen molar-refractivity contribution in [2.75, 3.05) is 0 Å². The van der Waals surface area contributed by atoms with Gasteiger partial charge in [0.1, 0.15) is 0 Å². The van der Waals surface area contributed by atoms with E-state index in [0.29, 0.717) is 35.9 Å². The predicted molar refractivity (Wildman–Crippen MR) is 131 cm³/mol. The summed E-state index contributed by atoms with van der Waals surface area (Å²) >= 11 is 0.0242. The molecule has 0 saturated heterocycles. The zero-order valence-corrected chi connectivity index (χ0v) is 22.6. The number of hydrogen-bond donors (Lipinski definition) is 2. The normalized spacial score (nSPS) is 44.0. The van der Waals surface area contributed by atoms with E-state index in [1.165, 1.54) is 12.0 Å². The number of carbonyl (C=O) groups excluding carboxylic acids is 1. The van der Waals surface area contributed by atoms with Crippen LogP contribution in [0.5, 0.6) is 0 Å². The Hall–Kier alpha value is -0.661. The molecule has 0 aromatic heterocycles. The third-order valence-corrected chi connectivity index (χ3v) is 12.4. The van der Waals surface area contributed by atoms with Gasteiger partial charge in [0.2, 0.25) is 0 Å². The van der Waals surface area contributed by atoms with Crippen LogP contribution in [0.1, 0.15) is 85.5 Å². The molecule has 0 radical (unpaired) electrons. The average molecular weight is 521 g/mol. The minimum absolute atomic E-state index is 0.0242. The van der Waals surface area contributed by atoms with Crippen molar-refractivity contribution in [3.05, 3.63) is 11.6 Å². The van der Waals surface area contributed by atoms with Gasteiger partial charge in [0, 0.05) is 0 Å². The van der Waals surface area contributed by atoms with Gasteiger partial charge in [-0.1, -0.05) is 12.5 Å². The summed E-state index contributed by atoms with van der Waals surface area (Å²) in [4.78, 5) is 15.5. The number of Topliss-reactive ketones (excluding diaryl/α,β-unsaturated/α-hetero) is 1. The molecule has 4 nitrogen and oxygen atoms in total. The molecular weight excluding hydrogens is 477 g/mol. The molecular formula is C28H43NO3Se. The van der Waals surface area contributed by atoms with Gasteiger partial charge in [-0.25, -0.2) is 0 Å². The van der Waals surface area contributed by atoms with Gasteiger partial charge in [0.05, 0.1) is 6.10 Å². The first-order valence-corrected chi connectivity index (χ1v) is 15.3. The van der Waals surface area contributed by atoms with Gasteiger partial charge in [0.15, 0.2) is 0 Å². The van der Waals surface area contributed by atoms with Crippen molar-refractivity contribution in [3.63, 3.8) is 0 Å². The van der Waals surface area contributed by atoms with Crippen LogP contribution in [0.3, 0.4) is 0 Å². The molecule has 0 aliphatic heterocycles. The van der Waals surface area contributed by atoms with Crippen LogP contribution in [0.2, 0.25) is 5.32 Å². The Kier molecular flexibility index (Phi) is 7.53. The van der Waals surface area contributed by atoms with E-state index in [4.69, 9.17) is 5.26 Å². The van der Waals surface area contributed by atoms with Crippen LogP contribution in [0.4, 0.5) is 0 Å². The summed E-state index contributed by atoms with van der Waals surface area (Å²) in [6, 6.07) is 0. The molecule has 0 spiro atoms. The number of fused-ring (bicyclic) bond motifs is 5. The summed E-state index contributed by atoms with van der Waals surface area (Å²) in [7, 11) is 0. The van der Waals surface area contributed by atoms with Crippen LogP contribution in [0.15, 0.2) is 11.6 Å². The fourth-order valence-electron chi connectivity index (χ4n) is 8.68. The number of aliphatic hydroxyl groups is 2. The first kappa shape index (κ1) is 25.4. The summed E-state index contributed by atoms with van der Waals surface area (Å²) in [5.41, 5.74) is 1.72. The van der Waals surface area contributed by atoms with Crippen molar-refractivity contribution in [2.24, 2.45) is 46.3 Å². The standard InChI is InChI=1S/C28H43NO3Se/c1-17(15-33-16-29)5-8-24(31)18(2)26-25(32)14-23-21-7-6-19-13-20(30)9-11-27(19,3)22(21)10-12-28(23,26)4/h6,17-18,20-23,25-26,30,32H,5,7-15H2,1-4H3/t17-,18-,20+,21-,22+,23+,25+,26+,27+,28+/m1/s1. The Labute approximate surface area is 206 Å². The number of rotatable bonds is 7. The van der Waals surface area contributed by atoms with Crippen molar-refractivity contribution < 1.29 is 15.0 Å². The van der Waals surface area contributed by atoms with Crippen molar-refractivity contribution >= 4 is 20.7 Å². The number of hydrogen-bond acceptors (Lipinski definition) is 4. The SMILES string of the molecule is C[C@H](CCC(=O)[C@@H](C)[C@H]1[C@@H](O)C[C@H]2[C@@H]3CC=C4C[C@@H](O)CC[C@]4(C)[C@H]3CC[C@]12C)C[Se]C#N. The summed E-state index contributed by atoms with van der Waals surface area (Å²) in [6.45, 7) is 9.04. The van der Waals surface area contributed by atoms with Gasteiger partial charge < -0.3 is 5.11 Å². The van der Waals surface area contributed by atoms with E-state index < -0.39 is 0 Å². The minimum atomic E-state index is -0.386. The van der Waals surface area contributed by atoms with E-state index in [1.807, 2.05) is 0 Å². The number of aliphatic hydroxyl groups excluding tert-OH is 2. The number of ketones is 1. The van der Waals surface area contributed by atoms with Crippen LogP contribution in [0, 0.1) is 56.6 Å². The van der Waals surface area contributed by atoms with Gasteiger partial charge in [0.25, 0.3) is 0 Å². The second-order valence-corrected chi connectivity index (χ2v) is 14.0. The van der Waals surface area contributed by atoms with E-state index in [1.54, 1.807) is 0 Å². The van der Waals surface area contributed by atoms with Crippen molar-refractivity contribution in [1.29, 1.82) is 5.26 Å². The molecule has 4 rings (SSSR count). The van der Waals surface area contributed by atoms with Gasteiger partial charge in [-0.3, -0.25) is 0 Å². The van der Waals surface area contributed by atoms with Gasteiger partial charge >= 0.3 is 164 Å². The Morgan fingerprint density at radius 3 is 2.73 bits per heavy atom. The number of allylic oxidation sites excluding steroid dienone is 1. The Bertz CT molecular complexity index is 820. The molecule has 0 bridgehead atoms. The predicted octanol–water partition coefficient (Wildman–Crippen LogP) is 5.12. The van der Waals surface area contributed by atoms with E-state index in [-0.39, 0.29) is 49.8 Å². The van der Waals surface area contributed by atoms with E-state index in [9.17, 15) is 15.0 Å². The van der Waals surface area contributed by atoms with Gasteiger partial charge in [-0.15, -0.1) is 0 Å². The fraction of sp³-hybridized carbons (Fsp3) is 0.857. The van der Waals surface area contributed by atoms with Gasteiger partial charge in [-0.05, 0) is 19.3 Å². The van der Waals surface area contributed by atoms with Crippen LogP contribution >= 0.6 is 0 Å². The number of carbonyl (C=O) groups is 1. The molecule has 0 amide bonds. The van der Waals surface area contributed by atoms with Crippen LogP contribution in [-0.2, 0) is 4.79 Å². The fourth-order valence-corrected chi connectivity index (χ4v) is 9.78. The van der Waals surface area contributed by atoms with Crippen LogP contribution < -0.4 is 0 Å². The summed E-state index contributed by atoms with van der Waals surface area (Å²) < 4.78 is 0. The summed E-state index contributed by atoms with van der Waals surface area (Å²) in [5, 5.41) is 31.3. The van der Waals surface area contributed by atoms with Crippen molar-refractivity contribution in [2.45, 2.75) is 103 Å². The van der Waals surface area contributed by atoms with Gasteiger partial charge in [-0.2, -0.15) is 0 Å². The Balaban J connectivity index is 1.48. The molecule has 2 N–H and O–H groups in total. The third kappa shape index (κ3) is 4.51. The topological polar surface area (TPSA) is 81.3 Å². The number of nitriles is 1. The second kappa shape index (κ2) is 9.77.